The van der Waals surface area contributed by atoms with Gasteiger partial charge in [0.1, 0.15) is 5.60 Å². The Morgan fingerprint density at radius 1 is 1.07 bits per heavy atom. The summed E-state index contributed by atoms with van der Waals surface area (Å²) >= 11 is 0. The Labute approximate surface area is 90.3 Å². The predicted octanol–water partition coefficient (Wildman–Crippen LogP) is 0.518. The Bertz CT molecular complexity index is 267. The van der Waals surface area contributed by atoms with Crippen LogP contribution in [0.1, 0.15) is 20.3 Å². The van der Waals surface area contributed by atoms with Crippen molar-refractivity contribution >= 4 is 0 Å². The molecule has 3 fully saturated rings. The Hall–Kier alpha value is -0.160. The molecule has 3 heterocycles. The Kier molecular flexibility index (Phi) is 1.97. The number of ether oxygens (including phenoxy) is 3. The first-order valence-electron chi connectivity index (χ1n) is 5.68. The third kappa shape index (κ3) is 1.29. The van der Waals surface area contributed by atoms with Crippen LogP contribution >= 0.6 is 0 Å². The molecule has 2 spiro atoms. The lowest BCUT2D eigenvalue weighted by Crippen LogP contribution is -2.74. The fourth-order valence-corrected chi connectivity index (χ4v) is 2.70. The first-order valence-corrected chi connectivity index (χ1v) is 5.68. The molecule has 0 aromatic heterocycles. The number of rotatable bonds is 0. The molecule has 0 amide bonds. The van der Waals surface area contributed by atoms with E-state index >= 15 is 0 Å². The highest BCUT2D eigenvalue weighted by molar-refractivity contribution is 5.07. The van der Waals surface area contributed by atoms with E-state index < -0.39 is 0 Å². The zero-order valence-corrected chi connectivity index (χ0v) is 9.47. The molecule has 1 N–H and O–H groups in total. The lowest BCUT2D eigenvalue weighted by atomic mass is 9.72. The molecule has 4 nitrogen and oxygen atoms in total. The van der Waals surface area contributed by atoms with E-state index in [0.717, 1.165) is 26.2 Å². The topological polar surface area (TPSA) is 39.7 Å². The summed E-state index contributed by atoms with van der Waals surface area (Å²) in [4.78, 5) is 0. The summed E-state index contributed by atoms with van der Waals surface area (Å²) in [7, 11) is 0. The molecular formula is C11H19NO3. The van der Waals surface area contributed by atoms with E-state index in [1.807, 2.05) is 0 Å². The van der Waals surface area contributed by atoms with Crippen LogP contribution < -0.4 is 5.32 Å². The maximum Gasteiger partial charge on any atom is 0.167 e. The smallest absolute Gasteiger partial charge is 0.167 e. The van der Waals surface area contributed by atoms with Crippen molar-refractivity contribution in [2.75, 3.05) is 33.0 Å². The summed E-state index contributed by atoms with van der Waals surface area (Å²) < 4.78 is 17.1. The molecule has 86 valence electrons. The Morgan fingerprint density at radius 3 is 2.40 bits per heavy atom. The molecule has 0 saturated carbocycles. The van der Waals surface area contributed by atoms with Crippen LogP contribution in [0, 0.1) is 5.41 Å². The van der Waals surface area contributed by atoms with Gasteiger partial charge in [-0.3, -0.25) is 5.32 Å². The van der Waals surface area contributed by atoms with Crippen molar-refractivity contribution in [1.29, 1.82) is 0 Å². The fourth-order valence-electron chi connectivity index (χ4n) is 2.70. The first-order chi connectivity index (χ1) is 7.08. The van der Waals surface area contributed by atoms with Gasteiger partial charge in [-0.1, -0.05) is 13.8 Å². The van der Waals surface area contributed by atoms with Gasteiger partial charge in [0.2, 0.25) is 0 Å². The van der Waals surface area contributed by atoms with Gasteiger partial charge in [0.15, 0.2) is 5.72 Å². The van der Waals surface area contributed by atoms with Crippen LogP contribution in [0.2, 0.25) is 0 Å². The summed E-state index contributed by atoms with van der Waals surface area (Å²) in [5.74, 6) is 0. The van der Waals surface area contributed by atoms with Crippen molar-refractivity contribution in [2.45, 2.75) is 31.6 Å². The van der Waals surface area contributed by atoms with Gasteiger partial charge >= 0.3 is 0 Å². The van der Waals surface area contributed by atoms with E-state index in [9.17, 15) is 0 Å². The van der Waals surface area contributed by atoms with Crippen molar-refractivity contribution < 1.29 is 14.2 Å². The highest BCUT2D eigenvalue weighted by atomic mass is 16.6. The minimum Gasteiger partial charge on any atom is -0.378 e. The average Bonchev–Trinajstić information content (AvgIpc) is 2.58. The van der Waals surface area contributed by atoms with Crippen LogP contribution in [0.25, 0.3) is 0 Å². The van der Waals surface area contributed by atoms with Crippen molar-refractivity contribution in [1.82, 2.24) is 5.32 Å². The molecule has 0 radical (unpaired) electrons. The monoisotopic (exact) mass is 213 g/mol. The molecule has 0 aliphatic carbocycles. The zero-order chi connectivity index (χ0) is 10.6. The molecule has 1 unspecified atom stereocenters. The third-order valence-electron chi connectivity index (χ3n) is 4.13. The number of hydrogen-bond acceptors (Lipinski definition) is 4. The van der Waals surface area contributed by atoms with Gasteiger partial charge in [0.05, 0.1) is 19.8 Å². The van der Waals surface area contributed by atoms with E-state index in [-0.39, 0.29) is 16.7 Å². The summed E-state index contributed by atoms with van der Waals surface area (Å²) in [6.45, 7) is 8.36. The van der Waals surface area contributed by atoms with E-state index in [2.05, 4.69) is 19.2 Å². The van der Waals surface area contributed by atoms with Crippen molar-refractivity contribution in [3.8, 4) is 0 Å². The summed E-state index contributed by atoms with van der Waals surface area (Å²) in [6, 6.07) is 0. The maximum atomic E-state index is 6.31. The van der Waals surface area contributed by atoms with Gasteiger partial charge in [0.25, 0.3) is 0 Å². The van der Waals surface area contributed by atoms with Gasteiger partial charge in [-0.05, 0) is 0 Å². The second-order valence-corrected chi connectivity index (χ2v) is 5.62. The standard InChI is InChI=1S/C11H19NO3/c1-9(2)5-12-11(7-14-8-11)15-10(9)3-4-13-6-10/h12H,3-8H2,1-2H3. The van der Waals surface area contributed by atoms with Gasteiger partial charge in [0, 0.05) is 25.0 Å². The number of hydrogen-bond donors (Lipinski definition) is 1. The summed E-state index contributed by atoms with van der Waals surface area (Å²) in [6.07, 6.45) is 1.00. The average molecular weight is 213 g/mol. The normalized spacial score (nSPS) is 42.0. The molecule has 3 rings (SSSR count). The minimum atomic E-state index is -0.219. The van der Waals surface area contributed by atoms with Crippen LogP contribution in [-0.4, -0.2) is 44.3 Å². The second kappa shape index (κ2) is 2.94. The quantitative estimate of drug-likeness (QED) is 0.637. The molecule has 3 aliphatic heterocycles. The highest BCUT2D eigenvalue weighted by Gasteiger charge is 2.59. The maximum absolute atomic E-state index is 6.31. The molecule has 0 bridgehead atoms. The fraction of sp³-hybridized carbons (Fsp3) is 1.00. The van der Waals surface area contributed by atoms with Crippen molar-refractivity contribution in [3.05, 3.63) is 0 Å². The molecule has 3 saturated heterocycles. The van der Waals surface area contributed by atoms with E-state index in [0.29, 0.717) is 13.2 Å². The molecule has 4 heteroatoms. The largest absolute Gasteiger partial charge is 0.378 e. The van der Waals surface area contributed by atoms with Crippen LogP contribution in [0.15, 0.2) is 0 Å². The van der Waals surface area contributed by atoms with Crippen molar-refractivity contribution in [3.63, 3.8) is 0 Å². The Balaban J connectivity index is 1.87. The predicted molar refractivity (Wildman–Crippen MR) is 54.6 cm³/mol. The van der Waals surface area contributed by atoms with Crippen LogP contribution in [-0.2, 0) is 14.2 Å². The molecule has 1 atom stereocenters. The second-order valence-electron chi connectivity index (χ2n) is 5.62. The minimum absolute atomic E-state index is 0.109. The van der Waals surface area contributed by atoms with Crippen LogP contribution in [0.4, 0.5) is 0 Å². The summed E-state index contributed by atoms with van der Waals surface area (Å²) in [5, 5.41) is 3.47. The van der Waals surface area contributed by atoms with E-state index in [4.69, 9.17) is 14.2 Å². The summed E-state index contributed by atoms with van der Waals surface area (Å²) in [5.41, 5.74) is -0.199. The molecular weight excluding hydrogens is 194 g/mol. The SMILES string of the molecule is CC1(C)CNC2(COC2)OC12CCOC2. The zero-order valence-electron chi connectivity index (χ0n) is 9.47. The third-order valence-corrected chi connectivity index (χ3v) is 4.13. The van der Waals surface area contributed by atoms with Gasteiger partial charge in [-0.2, -0.15) is 0 Å². The van der Waals surface area contributed by atoms with Crippen molar-refractivity contribution in [2.24, 2.45) is 5.41 Å². The lowest BCUT2D eigenvalue weighted by molar-refractivity contribution is -0.321. The van der Waals surface area contributed by atoms with Gasteiger partial charge in [-0.25, -0.2) is 0 Å². The first kappa shape index (κ1) is 10.0. The molecule has 15 heavy (non-hydrogen) atoms. The Morgan fingerprint density at radius 2 is 1.87 bits per heavy atom. The molecule has 0 aromatic carbocycles. The number of nitrogens with one attached hydrogen (secondary N) is 1. The van der Waals surface area contributed by atoms with E-state index in [1.54, 1.807) is 0 Å². The van der Waals surface area contributed by atoms with E-state index in [1.165, 1.54) is 0 Å². The van der Waals surface area contributed by atoms with Crippen LogP contribution in [0.5, 0.6) is 0 Å². The van der Waals surface area contributed by atoms with Gasteiger partial charge in [-0.15, -0.1) is 0 Å². The van der Waals surface area contributed by atoms with Crippen LogP contribution in [0.3, 0.4) is 0 Å². The highest BCUT2D eigenvalue weighted by Crippen LogP contribution is 2.46. The molecule has 0 aromatic rings. The van der Waals surface area contributed by atoms with Gasteiger partial charge < -0.3 is 14.2 Å². The lowest BCUT2D eigenvalue weighted by Gasteiger charge is -2.57. The molecule has 3 aliphatic rings.